The first kappa shape index (κ1) is 11.9. The summed E-state index contributed by atoms with van der Waals surface area (Å²) in [6, 6.07) is 6.71. The summed E-state index contributed by atoms with van der Waals surface area (Å²) in [5, 5.41) is 0. The summed E-state index contributed by atoms with van der Waals surface area (Å²) in [6.45, 7) is 1.48. The van der Waals surface area contributed by atoms with E-state index in [1.165, 1.54) is 0 Å². The molecular formula is C15H16BrNO2. The number of nitrogens with zero attached hydrogens (tertiary/aromatic N) is 1. The van der Waals surface area contributed by atoms with E-state index in [4.69, 9.17) is 9.47 Å². The van der Waals surface area contributed by atoms with Crippen molar-refractivity contribution < 1.29 is 9.47 Å². The average Bonchev–Trinajstić information content (AvgIpc) is 2.46. The summed E-state index contributed by atoms with van der Waals surface area (Å²) < 4.78 is 13.1. The van der Waals surface area contributed by atoms with Crippen LogP contribution in [0.1, 0.15) is 24.6 Å². The molecule has 1 fully saturated rings. The molecule has 1 aromatic carbocycles. The van der Waals surface area contributed by atoms with E-state index < -0.39 is 0 Å². The summed E-state index contributed by atoms with van der Waals surface area (Å²) in [5.41, 5.74) is 1.15. The highest BCUT2D eigenvalue weighted by molar-refractivity contribution is 9.10. The number of ether oxygens (including phenoxy) is 2. The molecular weight excluding hydrogens is 306 g/mol. The molecule has 0 saturated carbocycles. The normalized spacial score (nSPS) is 33.0. The molecule has 0 unspecified atom stereocenters. The largest absolute Gasteiger partial charge is 0.478 e. The fraction of sp³-hybridized carbons (Fsp3) is 0.467. The first-order valence-corrected chi connectivity index (χ1v) is 7.57. The highest BCUT2D eigenvalue weighted by Gasteiger charge is 2.42. The zero-order valence-electron chi connectivity index (χ0n) is 10.6. The first-order chi connectivity index (χ1) is 9.33. The average molecular weight is 322 g/mol. The fourth-order valence-electron chi connectivity index (χ4n) is 3.35. The summed E-state index contributed by atoms with van der Waals surface area (Å²) in [6.07, 6.45) is 6.85. The standard InChI is InChI=1S/C15H16BrNO2/c16-11-5-6-14-12(7-11)15-17(9-19-14)13-4-2-1-3-10(13)8-18-15/h1-2,5-7,10,13,15H,3-4,8-9H2/t10-,13-,15-/m0/s1. The summed E-state index contributed by atoms with van der Waals surface area (Å²) >= 11 is 3.54. The summed E-state index contributed by atoms with van der Waals surface area (Å²) in [7, 11) is 0. The Morgan fingerprint density at radius 1 is 1.21 bits per heavy atom. The van der Waals surface area contributed by atoms with Crippen LogP contribution < -0.4 is 4.74 Å². The quantitative estimate of drug-likeness (QED) is 0.683. The Labute approximate surface area is 121 Å². The first-order valence-electron chi connectivity index (χ1n) is 6.77. The SMILES string of the molecule is Brc1ccc2c(c1)[C@@H]1OC[C@@H]3CC=CC[C@@H]3N1CO2. The molecule has 4 rings (SSSR count). The molecule has 0 N–H and O–H groups in total. The van der Waals surface area contributed by atoms with Crippen molar-refractivity contribution in [2.75, 3.05) is 13.3 Å². The molecule has 1 aliphatic carbocycles. The second-order valence-electron chi connectivity index (χ2n) is 5.43. The van der Waals surface area contributed by atoms with Crippen LogP contribution in [0.15, 0.2) is 34.8 Å². The van der Waals surface area contributed by atoms with Crippen LogP contribution in [0.2, 0.25) is 0 Å². The molecule has 2 heterocycles. The van der Waals surface area contributed by atoms with Gasteiger partial charge in [-0.15, -0.1) is 0 Å². The second kappa shape index (κ2) is 4.62. The van der Waals surface area contributed by atoms with Crippen molar-refractivity contribution in [1.82, 2.24) is 4.90 Å². The zero-order valence-corrected chi connectivity index (χ0v) is 12.2. The van der Waals surface area contributed by atoms with Crippen LogP contribution in [0.4, 0.5) is 0 Å². The summed E-state index contributed by atoms with van der Waals surface area (Å²) in [5.74, 6) is 1.56. The van der Waals surface area contributed by atoms with E-state index >= 15 is 0 Å². The van der Waals surface area contributed by atoms with Crippen molar-refractivity contribution in [2.24, 2.45) is 5.92 Å². The molecule has 4 heteroatoms. The number of benzene rings is 1. The van der Waals surface area contributed by atoms with Crippen LogP contribution in [-0.2, 0) is 4.74 Å². The molecule has 0 aromatic heterocycles. The van der Waals surface area contributed by atoms with Gasteiger partial charge in [0, 0.05) is 22.0 Å². The second-order valence-corrected chi connectivity index (χ2v) is 6.34. The Hall–Kier alpha value is -0.840. The van der Waals surface area contributed by atoms with E-state index in [-0.39, 0.29) is 6.23 Å². The number of fused-ring (bicyclic) bond motifs is 5. The van der Waals surface area contributed by atoms with Crippen LogP contribution in [0.3, 0.4) is 0 Å². The van der Waals surface area contributed by atoms with E-state index in [0.29, 0.717) is 18.7 Å². The third-order valence-corrected chi connectivity index (χ3v) is 4.82. The van der Waals surface area contributed by atoms with E-state index in [9.17, 15) is 0 Å². The molecule has 0 bridgehead atoms. The van der Waals surface area contributed by atoms with Crippen LogP contribution >= 0.6 is 15.9 Å². The molecule has 0 amide bonds. The van der Waals surface area contributed by atoms with Crippen LogP contribution in [0, 0.1) is 5.92 Å². The van der Waals surface area contributed by atoms with Gasteiger partial charge in [0.1, 0.15) is 18.7 Å². The number of rotatable bonds is 0. The number of halogens is 1. The molecule has 0 spiro atoms. The maximum atomic E-state index is 6.12. The minimum atomic E-state index is 0.0500. The molecule has 1 aromatic rings. The molecule has 19 heavy (non-hydrogen) atoms. The van der Waals surface area contributed by atoms with E-state index in [2.05, 4.69) is 39.0 Å². The number of hydrogen-bond acceptors (Lipinski definition) is 3. The smallest absolute Gasteiger partial charge is 0.144 e. The Kier molecular flexibility index (Phi) is 2.90. The van der Waals surface area contributed by atoms with Crippen molar-refractivity contribution >= 4 is 15.9 Å². The van der Waals surface area contributed by atoms with Gasteiger partial charge < -0.3 is 9.47 Å². The van der Waals surface area contributed by atoms with Gasteiger partial charge in [0.2, 0.25) is 0 Å². The molecule has 100 valence electrons. The van der Waals surface area contributed by atoms with Crippen LogP contribution in [-0.4, -0.2) is 24.3 Å². The Morgan fingerprint density at radius 3 is 3.05 bits per heavy atom. The maximum Gasteiger partial charge on any atom is 0.144 e. The number of hydrogen-bond donors (Lipinski definition) is 0. The number of allylic oxidation sites excluding steroid dienone is 1. The third kappa shape index (κ3) is 1.93. The molecule has 2 aliphatic heterocycles. The van der Waals surface area contributed by atoms with E-state index in [1.807, 2.05) is 12.1 Å². The lowest BCUT2D eigenvalue weighted by atomic mass is 9.86. The molecule has 3 atom stereocenters. The lowest BCUT2D eigenvalue weighted by Gasteiger charge is -2.49. The summed E-state index contributed by atoms with van der Waals surface area (Å²) in [4.78, 5) is 2.37. The monoisotopic (exact) mass is 321 g/mol. The predicted octanol–water partition coefficient (Wildman–Crippen LogP) is 3.46. The Bertz CT molecular complexity index is 531. The topological polar surface area (TPSA) is 21.7 Å². The van der Waals surface area contributed by atoms with Gasteiger partial charge in [-0.2, -0.15) is 0 Å². The minimum Gasteiger partial charge on any atom is -0.478 e. The van der Waals surface area contributed by atoms with E-state index in [1.54, 1.807) is 0 Å². The van der Waals surface area contributed by atoms with E-state index in [0.717, 1.165) is 35.2 Å². The van der Waals surface area contributed by atoms with Crippen molar-refractivity contribution in [3.63, 3.8) is 0 Å². The predicted molar refractivity (Wildman–Crippen MR) is 75.8 cm³/mol. The van der Waals surface area contributed by atoms with Crippen molar-refractivity contribution in [3.05, 3.63) is 40.4 Å². The van der Waals surface area contributed by atoms with Gasteiger partial charge >= 0.3 is 0 Å². The molecule has 3 aliphatic rings. The Morgan fingerprint density at radius 2 is 2.11 bits per heavy atom. The van der Waals surface area contributed by atoms with Crippen molar-refractivity contribution in [2.45, 2.75) is 25.1 Å². The third-order valence-electron chi connectivity index (χ3n) is 4.33. The molecule has 1 saturated heterocycles. The van der Waals surface area contributed by atoms with Crippen LogP contribution in [0.5, 0.6) is 5.75 Å². The fourth-order valence-corrected chi connectivity index (χ4v) is 3.72. The van der Waals surface area contributed by atoms with Crippen molar-refractivity contribution in [1.29, 1.82) is 0 Å². The van der Waals surface area contributed by atoms with Gasteiger partial charge in [0.25, 0.3) is 0 Å². The van der Waals surface area contributed by atoms with Gasteiger partial charge in [-0.3, -0.25) is 0 Å². The highest BCUT2D eigenvalue weighted by atomic mass is 79.9. The van der Waals surface area contributed by atoms with Gasteiger partial charge in [-0.05, 0) is 31.0 Å². The lowest BCUT2D eigenvalue weighted by Crippen LogP contribution is -2.53. The zero-order chi connectivity index (χ0) is 12.8. The van der Waals surface area contributed by atoms with Gasteiger partial charge in [-0.1, -0.05) is 28.1 Å². The lowest BCUT2D eigenvalue weighted by molar-refractivity contribution is -0.185. The van der Waals surface area contributed by atoms with Gasteiger partial charge in [-0.25, -0.2) is 4.90 Å². The highest BCUT2D eigenvalue weighted by Crippen LogP contribution is 2.43. The maximum absolute atomic E-state index is 6.12. The minimum absolute atomic E-state index is 0.0500. The Balaban J connectivity index is 1.71. The van der Waals surface area contributed by atoms with Gasteiger partial charge in [0.05, 0.1) is 6.61 Å². The van der Waals surface area contributed by atoms with Gasteiger partial charge in [0.15, 0.2) is 0 Å². The molecule has 0 radical (unpaired) electrons. The molecule has 3 nitrogen and oxygen atoms in total. The van der Waals surface area contributed by atoms with Crippen molar-refractivity contribution in [3.8, 4) is 5.75 Å². The van der Waals surface area contributed by atoms with Crippen LogP contribution in [0.25, 0.3) is 0 Å².